The molecule has 0 bridgehead atoms. The fourth-order valence-corrected chi connectivity index (χ4v) is 3.17. The van der Waals surface area contributed by atoms with Gasteiger partial charge in [-0.15, -0.1) is 0 Å². The molecule has 0 aromatic heterocycles. The third-order valence-electron chi connectivity index (χ3n) is 3.20. The predicted molar refractivity (Wildman–Crippen MR) is 83.3 cm³/mol. The van der Waals surface area contributed by atoms with E-state index in [-0.39, 0.29) is 17.7 Å². The average molecular weight is 424 g/mol. The predicted octanol–water partition coefficient (Wildman–Crippen LogP) is 3.43. The third kappa shape index (κ3) is 3.60. The van der Waals surface area contributed by atoms with E-state index in [2.05, 4.69) is 43.8 Å². The van der Waals surface area contributed by atoms with Crippen LogP contribution in [0, 0.1) is 3.57 Å². The quantitative estimate of drug-likeness (QED) is 0.565. The number of alkyl halides is 1. The Hall–Kier alpha value is -0.300. The number of nitrogens with one attached hydrogen (secondary N) is 1. The average Bonchev–Trinajstić information content (AvgIpc) is 2.35. The molecule has 1 aromatic rings. The Labute approximate surface area is 129 Å². The number of benzene rings is 1. The molecule has 0 spiro atoms. The first-order chi connectivity index (χ1) is 8.56. The molecular formula is C13H15BrINO2. The Kier molecular flexibility index (Phi) is 4.89. The number of carbonyl (C=O) groups is 1. The van der Waals surface area contributed by atoms with Crippen molar-refractivity contribution in [3.8, 4) is 5.75 Å². The van der Waals surface area contributed by atoms with Crippen molar-refractivity contribution in [2.45, 2.75) is 36.6 Å². The zero-order chi connectivity index (χ0) is 13.1. The van der Waals surface area contributed by atoms with Gasteiger partial charge < -0.3 is 10.4 Å². The van der Waals surface area contributed by atoms with Crippen molar-refractivity contribution in [3.05, 3.63) is 27.3 Å². The molecule has 2 N–H and O–H groups in total. The fraction of sp³-hybridized carbons (Fsp3) is 0.462. The van der Waals surface area contributed by atoms with E-state index in [1.165, 1.54) is 0 Å². The number of amides is 1. The minimum atomic E-state index is -0.177. The first kappa shape index (κ1) is 14.1. The molecule has 98 valence electrons. The van der Waals surface area contributed by atoms with E-state index < -0.39 is 0 Å². The number of carbonyl (C=O) groups excluding carboxylic acids is 1. The van der Waals surface area contributed by atoms with Crippen LogP contribution in [0.1, 0.15) is 36.0 Å². The first-order valence-corrected chi connectivity index (χ1v) is 7.99. The molecule has 1 aliphatic carbocycles. The van der Waals surface area contributed by atoms with Gasteiger partial charge in [0.25, 0.3) is 5.91 Å². The molecule has 0 heterocycles. The van der Waals surface area contributed by atoms with Gasteiger partial charge in [0.2, 0.25) is 0 Å². The van der Waals surface area contributed by atoms with Gasteiger partial charge in [0, 0.05) is 14.4 Å². The van der Waals surface area contributed by atoms with E-state index in [9.17, 15) is 9.90 Å². The molecule has 1 saturated carbocycles. The molecule has 18 heavy (non-hydrogen) atoms. The minimum absolute atomic E-state index is 0.0436. The van der Waals surface area contributed by atoms with Gasteiger partial charge in [0.05, 0.1) is 5.56 Å². The van der Waals surface area contributed by atoms with Crippen LogP contribution in [0.3, 0.4) is 0 Å². The molecule has 3 nitrogen and oxygen atoms in total. The van der Waals surface area contributed by atoms with Gasteiger partial charge in [-0.05, 0) is 66.5 Å². The molecule has 0 unspecified atom stereocenters. The number of hydrogen-bond donors (Lipinski definition) is 2. The van der Waals surface area contributed by atoms with Crippen LogP contribution in [0.25, 0.3) is 0 Å². The first-order valence-electron chi connectivity index (χ1n) is 5.99. The smallest absolute Gasteiger partial charge is 0.255 e. The highest BCUT2D eigenvalue weighted by Crippen LogP contribution is 2.25. The van der Waals surface area contributed by atoms with Crippen LogP contribution in [0.5, 0.6) is 5.75 Å². The Morgan fingerprint density at radius 2 is 2.00 bits per heavy atom. The summed E-state index contributed by atoms with van der Waals surface area (Å²) in [4.78, 5) is 12.7. The van der Waals surface area contributed by atoms with E-state index >= 15 is 0 Å². The number of hydrogen-bond acceptors (Lipinski definition) is 2. The van der Waals surface area contributed by atoms with E-state index in [1.54, 1.807) is 18.2 Å². The van der Waals surface area contributed by atoms with E-state index in [4.69, 9.17) is 0 Å². The molecule has 0 radical (unpaired) electrons. The molecule has 0 atom stereocenters. The highest BCUT2D eigenvalue weighted by molar-refractivity contribution is 14.1. The van der Waals surface area contributed by atoms with Crippen LogP contribution in [-0.2, 0) is 0 Å². The topological polar surface area (TPSA) is 49.3 Å². The van der Waals surface area contributed by atoms with Crippen LogP contribution in [0.4, 0.5) is 0 Å². The summed E-state index contributed by atoms with van der Waals surface area (Å²) in [5.74, 6) is -0.133. The van der Waals surface area contributed by atoms with Crippen molar-refractivity contribution in [2.24, 2.45) is 0 Å². The maximum atomic E-state index is 12.1. The van der Waals surface area contributed by atoms with Crippen LogP contribution in [-0.4, -0.2) is 21.9 Å². The summed E-state index contributed by atoms with van der Waals surface area (Å²) in [7, 11) is 0. The zero-order valence-corrected chi connectivity index (χ0v) is 13.6. The standard InChI is InChI=1S/C13H15BrINO2/c14-8-1-4-10(5-2-8)16-13(18)11-7-9(15)3-6-12(11)17/h3,6-8,10,17H,1-2,4-5H2,(H,16,18). The van der Waals surface area contributed by atoms with Crippen LogP contribution >= 0.6 is 38.5 Å². The lowest BCUT2D eigenvalue weighted by Crippen LogP contribution is -2.37. The Morgan fingerprint density at radius 1 is 1.33 bits per heavy atom. The van der Waals surface area contributed by atoms with Gasteiger partial charge in [-0.25, -0.2) is 0 Å². The van der Waals surface area contributed by atoms with Gasteiger partial charge in [0.1, 0.15) is 5.75 Å². The minimum Gasteiger partial charge on any atom is -0.507 e. The van der Waals surface area contributed by atoms with Crippen molar-refractivity contribution >= 4 is 44.4 Å². The van der Waals surface area contributed by atoms with Crippen LogP contribution in [0.2, 0.25) is 0 Å². The molecule has 1 amide bonds. The van der Waals surface area contributed by atoms with Crippen molar-refractivity contribution in [1.82, 2.24) is 5.32 Å². The highest BCUT2D eigenvalue weighted by atomic mass is 127. The Balaban J connectivity index is 2.01. The monoisotopic (exact) mass is 423 g/mol. The molecule has 0 saturated heterocycles. The molecule has 0 aliphatic heterocycles. The molecule has 2 rings (SSSR count). The summed E-state index contributed by atoms with van der Waals surface area (Å²) in [6, 6.07) is 5.28. The summed E-state index contributed by atoms with van der Waals surface area (Å²) in [6.45, 7) is 0. The zero-order valence-electron chi connectivity index (χ0n) is 9.83. The number of rotatable bonds is 2. The molecule has 1 aliphatic rings. The fourth-order valence-electron chi connectivity index (χ4n) is 2.15. The van der Waals surface area contributed by atoms with Gasteiger partial charge in [-0.1, -0.05) is 15.9 Å². The van der Waals surface area contributed by atoms with Gasteiger partial charge >= 0.3 is 0 Å². The lowest BCUT2D eigenvalue weighted by molar-refractivity contribution is 0.0925. The summed E-state index contributed by atoms with van der Waals surface area (Å²) in [6.07, 6.45) is 4.16. The molecule has 5 heteroatoms. The Morgan fingerprint density at radius 3 is 2.67 bits per heavy atom. The summed E-state index contributed by atoms with van der Waals surface area (Å²) in [5.41, 5.74) is 0.364. The normalized spacial score (nSPS) is 23.7. The second kappa shape index (κ2) is 6.23. The van der Waals surface area contributed by atoms with Crippen molar-refractivity contribution in [1.29, 1.82) is 0 Å². The number of halogens is 2. The third-order valence-corrected chi connectivity index (χ3v) is 4.78. The van der Waals surface area contributed by atoms with E-state index in [1.807, 2.05) is 0 Å². The maximum Gasteiger partial charge on any atom is 0.255 e. The molecule has 1 fully saturated rings. The summed E-state index contributed by atoms with van der Waals surface area (Å²) >= 11 is 5.73. The lowest BCUT2D eigenvalue weighted by atomic mass is 9.95. The number of phenols is 1. The van der Waals surface area contributed by atoms with Crippen molar-refractivity contribution in [3.63, 3.8) is 0 Å². The van der Waals surface area contributed by atoms with Gasteiger partial charge in [0.15, 0.2) is 0 Å². The van der Waals surface area contributed by atoms with Gasteiger partial charge in [-0.2, -0.15) is 0 Å². The Bertz CT molecular complexity index is 445. The lowest BCUT2D eigenvalue weighted by Gasteiger charge is -2.26. The van der Waals surface area contributed by atoms with E-state index in [0.717, 1.165) is 29.3 Å². The summed E-state index contributed by atoms with van der Waals surface area (Å²) in [5, 5.41) is 12.7. The van der Waals surface area contributed by atoms with Crippen LogP contribution < -0.4 is 5.32 Å². The summed E-state index contributed by atoms with van der Waals surface area (Å²) < 4.78 is 0.944. The highest BCUT2D eigenvalue weighted by Gasteiger charge is 2.22. The van der Waals surface area contributed by atoms with Crippen molar-refractivity contribution < 1.29 is 9.90 Å². The second-order valence-electron chi connectivity index (χ2n) is 4.58. The van der Waals surface area contributed by atoms with E-state index in [0.29, 0.717) is 10.4 Å². The van der Waals surface area contributed by atoms with Crippen molar-refractivity contribution in [2.75, 3.05) is 0 Å². The largest absolute Gasteiger partial charge is 0.507 e. The number of phenolic OH excluding ortho intramolecular Hbond substituents is 1. The molecular weight excluding hydrogens is 409 g/mol. The second-order valence-corrected chi connectivity index (χ2v) is 7.12. The van der Waals surface area contributed by atoms with Gasteiger partial charge in [-0.3, -0.25) is 4.79 Å². The number of aromatic hydroxyl groups is 1. The molecule has 1 aromatic carbocycles. The van der Waals surface area contributed by atoms with Crippen LogP contribution in [0.15, 0.2) is 18.2 Å². The SMILES string of the molecule is O=C(NC1CCC(Br)CC1)c1cc(I)ccc1O. The maximum absolute atomic E-state index is 12.1.